The summed E-state index contributed by atoms with van der Waals surface area (Å²) in [5.41, 5.74) is -0.310. The van der Waals surface area contributed by atoms with Gasteiger partial charge < -0.3 is 15.7 Å². The van der Waals surface area contributed by atoms with Gasteiger partial charge in [-0.15, -0.1) is 0 Å². The minimum atomic E-state index is -0.881. The Morgan fingerprint density at radius 1 is 1.33 bits per heavy atom. The maximum Gasteiger partial charge on any atom is 0.315 e. The van der Waals surface area contributed by atoms with Crippen LogP contribution in [0, 0.1) is 5.92 Å². The van der Waals surface area contributed by atoms with Crippen LogP contribution in [0.2, 0.25) is 0 Å². The SMILES string of the molecule is CCC(CNC(=O)NC(C)(C)C)C(=O)O. The predicted octanol–water partition coefficient (Wildman–Crippen LogP) is 1.19. The molecule has 0 aromatic carbocycles. The van der Waals surface area contributed by atoms with E-state index in [-0.39, 0.29) is 18.1 Å². The molecule has 0 heterocycles. The number of carboxylic acid groups (broad SMARTS) is 1. The molecule has 0 fully saturated rings. The average molecular weight is 216 g/mol. The van der Waals surface area contributed by atoms with Crippen molar-refractivity contribution in [3.05, 3.63) is 0 Å². The predicted molar refractivity (Wildman–Crippen MR) is 57.7 cm³/mol. The lowest BCUT2D eigenvalue weighted by atomic mass is 10.1. The molecule has 3 N–H and O–H groups in total. The lowest BCUT2D eigenvalue weighted by molar-refractivity contribution is -0.141. The fourth-order valence-corrected chi connectivity index (χ4v) is 1.01. The Kier molecular flexibility index (Phi) is 5.11. The van der Waals surface area contributed by atoms with Crippen molar-refractivity contribution in [2.75, 3.05) is 6.54 Å². The van der Waals surface area contributed by atoms with Crippen LogP contribution in [-0.2, 0) is 4.79 Å². The van der Waals surface area contributed by atoms with Crippen LogP contribution >= 0.6 is 0 Å². The third-order valence-electron chi connectivity index (χ3n) is 1.84. The molecule has 0 saturated carbocycles. The first-order valence-corrected chi connectivity index (χ1v) is 5.05. The zero-order chi connectivity index (χ0) is 12.1. The summed E-state index contributed by atoms with van der Waals surface area (Å²) in [4.78, 5) is 21.9. The van der Waals surface area contributed by atoms with Gasteiger partial charge in [-0.05, 0) is 27.2 Å². The molecule has 5 heteroatoms. The van der Waals surface area contributed by atoms with Crippen molar-refractivity contribution in [2.24, 2.45) is 5.92 Å². The Bertz CT molecular complexity index is 233. The molecule has 0 bridgehead atoms. The molecular formula is C10H20N2O3. The monoisotopic (exact) mass is 216 g/mol. The first-order chi connectivity index (χ1) is 6.76. The summed E-state index contributed by atoms with van der Waals surface area (Å²) in [5, 5.41) is 14.0. The van der Waals surface area contributed by atoms with E-state index in [0.29, 0.717) is 6.42 Å². The van der Waals surface area contributed by atoms with Crippen molar-refractivity contribution in [3.63, 3.8) is 0 Å². The van der Waals surface area contributed by atoms with Gasteiger partial charge in [0.25, 0.3) is 0 Å². The van der Waals surface area contributed by atoms with E-state index in [2.05, 4.69) is 10.6 Å². The van der Waals surface area contributed by atoms with E-state index in [9.17, 15) is 9.59 Å². The van der Waals surface area contributed by atoms with E-state index < -0.39 is 11.9 Å². The van der Waals surface area contributed by atoms with E-state index in [1.54, 1.807) is 6.92 Å². The summed E-state index contributed by atoms with van der Waals surface area (Å²) in [6, 6.07) is -0.331. The second-order valence-corrected chi connectivity index (χ2v) is 4.53. The lowest BCUT2D eigenvalue weighted by Gasteiger charge is -2.21. The summed E-state index contributed by atoms with van der Waals surface area (Å²) >= 11 is 0. The van der Waals surface area contributed by atoms with Crippen LogP contribution in [0.15, 0.2) is 0 Å². The minimum absolute atomic E-state index is 0.160. The number of rotatable bonds is 4. The van der Waals surface area contributed by atoms with Gasteiger partial charge >= 0.3 is 12.0 Å². The number of hydrogen-bond acceptors (Lipinski definition) is 2. The Morgan fingerprint density at radius 3 is 2.20 bits per heavy atom. The Morgan fingerprint density at radius 2 is 1.87 bits per heavy atom. The molecule has 15 heavy (non-hydrogen) atoms. The number of carbonyl (C=O) groups is 2. The highest BCUT2D eigenvalue weighted by molar-refractivity contribution is 5.76. The number of nitrogens with one attached hydrogen (secondary N) is 2. The molecule has 1 unspecified atom stereocenters. The van der Waals surface area contributed by atoms with Crippen molar-refractivity contribution < 1.29 is 14.7 Å². The Hall–Kier alpha value is -1.26. The van der Waals surface area contributed by atoms with Crippen LogP contribution in [-0.4, -0.2) is 29.2 Å². The summed E-state index contributed by atoms with van der Waals surface area (Å²) in [6.07, 6.45) is 0.505. The smallest absolute Gasteiger partial charge is 0.315 e. The van der Waals surface area contributed by atoms with E-state index in [4.69, 9.17) is 5.11 Å². The molecule has 0 saturated heterocycles. The molecule has 0 radical (unpaired) electrons. The van der Waals surface area contributed by atoms with Crippen LogP contribution in [0.1, 0.15) is 34.1 Å². The minimum Gasteiger partial charge on any atom is -0.481 e. The van der Waals surface area contributed by atoms with Gasteiger partial charge in [0.1, 0.15) is 0 Å². The van der Waals surface area contributed by atoms with Crippen molar-refractivity contribution in [1.29, 1.82) is 0 Å². The molecule has 1 atom stereocenters. The zero-order valence-electron chi connectivity index (χ0n) is 9.76. The van der Waals surface area contributed by atoms with Crippen molar-refractivity contribution >= 4 is 12.0 Å². The second-order valence-electron chi connectivity index (χ2n) is 4.53. The van der Waals surface area contributed by atoms with Crippen molar-refractivity contribution in [2.45, 2.75) is 39.7 Å². The molecule has 88 valence electrons. The molecule has 5 nitrogen and oxygen atoms in total. The molecular weight excluding hydrogens is 196 g/mol. The highest BCUT2D eigenvalue weighted by Crippen LogP contribution is 2.01. The van der Waals surface area contributed by atoms with E-state index >= 15 is 0 Å². The molecule has 0 aliphatic rings. The number of amides is 2. The van der Waals surface area contributed by atoms with Gasteiger partial charge in [-0.25, -0.2) is 4.79 Å². The Labute approximate surface area is 90.2 Å². The maximum atomic E-state index is 11.3. The van der Waals surface area contributed by atoms with Gasteiger partial charge in [0.2, 0.25) is 0 Å². The topological polar surface area (TPSA) is 78.4 Å². The molecule has 0 aromatic heterocycles. The molecule has 0 spiro atoms. The second kappa shape index (κ2) is 5.58. The number of urea groups is 1. The highest BCUT2D eigenvalue weighted by Gasteiger charge is 2.18. The lowest BCUT2D eigenvalue weighted by Crippen LogP contribution is -2.48. The molecule has 0 aliphatic carbocycles. The third kappa shape index (κ3) is 6.76. The van der Waals surface area contributed by atoms with Crippen LogP contribution < -0.4 is 10.6 Å². The van der Waals surface area contributed by atoms with Crippen LogP contribution in [0.25, 0.3) is 0 Å². The molecule has 0 aliphatic heterocycles. The zero-order valence-corrected chi connectivity index (χ0v) is 9.76. The van der Waals surface area contributed by atoms with Crippen LogP contribution in [0.5, 0.6) is 0 Å². The quantitative estimate of drug-likeness (QED) is 0.660. The third-order valence-corrected chi connectivity index (χ3v) is 1.84. The van der Waals surface area contributed by atoms with E-state index in [0.717, 1.165) is 0 Å². The van der Waals surface area contributed by atoms with Crippen LogP contribution in [0.4, 0.5) is 4.79 Å². The van der Waals surface area contributed by atoms with E-state index in [1.807, 2.05) is 20.8 Å². The van der Waals surface area contributed by atoms with Gasteiger partial charge in [0.15, 0.2) is 0 Å². The van der Waals surface area contributed by atoms with Gasteiger partial charge in [-0.3, -0.25) is 4.79 Å². The number of carboxylic acids is 1. The van der Waals surface area contributed by atoms with Gasteiger partial charge in [-0.2, -0.15) is 0 Å². The largest absolute Gasteiger partial charge is 0.481 e. The summed E-state index contributed by atoms with van der Waals surface area (Å²) < 4.78 is 0. The number of hydrogen-bond donors (Lipinski definition) is 3. The highest BCUT2D eigenvalue weighted by atomic mass is 16.4. The van der Waals surface area contributed by atoms with E-state index in [1.165, 1.54) is 0 Å². The number of aliphatic carboxylic acids is 1. The van der Waals surface area contributed by atoms with Crippen molar-refractivity contribution in [1.82, 2.24) is 10.6 Å². The summed E-state index contributed by atoms with van der Waals surface area (Å²) in [6.45, 7) is 7.53. The number of carbonyl (C=O) groups excluding carboxylic acids is 1. The first-order valence-electron chi connectivity index (χ1n) is 5.05. The van der Waals surface area contributed by atoms with Gasteiger partial charge in [0.05, 0.1) is 5.92 Å². The molecule has 2 amide bonds. The average Bonchev–Trinajstić information content (AvgIpc) is 2.01. The summed E-state index contributed by atoms with van der Waals surface area (Å²) in [5.74, 6) is -1.40. The van der Waals surface area contributed by atoms with Gasteiger partial charge in [0, 0.05) is 12.1 Å². The fraction of sp³-hybridized carbons (Fsp3) is 0.800. The fourth-order valence-electron chi connectivity index (χ4n) is 1.01. The summed E-state index contributed by atoms with van der Waals surface area (Å²) in [7, 11) is 0. The molecule has 0 aromatic rings. The van der Waals surface area contributed by atoms with Crippen LogP contribution in [0.3, 0.4) is 0 Å². The normalized spacial score (nSPS) is 13.1. The Balaban J connectivity index is 3.94. The maximum absolute atomic E-state index is 11.3. The molecule has 0 rings (SSSR count). The standard InChI is InChI=1S/C10H20N2O3/c1-5-7(8(13)14)6-11-9(15)12-10(2,3)4/h7H,5-6H2,1-4H3,(H,13,14)(H2,11,12,15). The van der Waals surface area contributed by atoms with Gasteiger partial charge in [-0.1, -0.05) is 6.92 Å². The van der Waals surface area contributed by atoms with Crippen molar-refractivity contribution in [3.8, 4) is 0 Å². The first kappa shape index (κ1) is 13.7.